The summed E-state index contributed by atoms with van der Waals surface area (Å²) in [5.41, 5.74) is 2.27. The SMILES string of the molecule is Cc1ccc(NC(=O)C(C)(C)C)cc1N1CCCCC1=O. The van der Waals surface area contributed by atoms with Crippen LogP contribution in [0.2, 0.25) is 0 Å². The number of hydrogen-bond acceptors (Lipinski definition) is 2. The van der Waals surface area contributed by atoms with Crippen molar-refractivity contribution in [2.75, 3.05) is 16.8 Å². The molecule has 4 nitrogen and oxygen atoms in total. The molecule has 0 spiro atoms. The molecule has 0 aliphatic carbocycles. The largest absolute Gasteiger partial charge is 0.326 e. The zero-order valence-corrected chi connectivity index (χ0v) is 13.3. The number of piperidine rings is 1. The second-order valence-electron chi connectivity index (χ2n) is 6.71. The van der Waals surface area contributed by atoms with Crippen molar-refractivity contribution in [3.63, 3.8) is 0 Å². The van der Waals surface area contributed by atoms with Crippen LogP contribution < -0.4 is 10.2 Å². The number of nitrogens with zero attached hydrogens (tertiary/aromatic N) is 1. The highest BCUT2D eigenvalue weighted by molar-refractivity contribution is 5.98. The predicted molar refractivity (Wildman–Crippen MR) is 85.5 cm³/mol. The van der Waals surface area contributed by atoms with Crippen LogP contribution in [0.1, 0.15) is 45.6 Å². The molecule has 1 aromatic rings. The number of nitrogens with one attached hydrogen (secondary N) is 1. The van der Waals surface area contributed by atoms with E-state index in [1.807, 2.05) is 50.8 Å². The third kappa shape index (κ3) is 3.63. The number of anilines is 2. The van der Waals surface area contributed by atoms with Crippen molar-refractivity contribution < 1.29 is 9.59 Å². The lowest BCUT2D eigenvalue weighted by molar-refractivity contribution is -0.123. The third-order valence-electron chi connectivity index (χ3n) is 3.76. The molecular formula is C17H24N2O2. The summed E-state index contributed by atoms with van der Waals surface area (Å²) in [6, 6.07) is 5.74. The fraction of sp³-hybridized carbons (Fsp3) is 0.529. The second-order valence-corrected chi connectivity index (χ2v) is 6.71. The van der Waals surface area contributed by atoms with Gasteiger partial charge in [0.2, 0.25) is 11.8 Å². The summed E-state index contributed by atoms with van der Waals surface area (Å²) < 4.78 is 0. The minimum Gasteiger partial charge on any atom is -0.326 e. The summed E-state index contributed by atoms with van der Waals surface area (Å²) >= 11 is 0. The van der Waals surface area contributed by atoms with E-state index in [0.29, 0.717) is 6.42 Å². The summed E-state index contributed by atoms with van der Waals surface area (Å²) in [5, 5.41) is 2.93. The molecule has 0 saturated carbocycles. The van der Waals surface area contributed by atoms with Gasteiger partial charge in [0, 0.05) is 29.8 Å². The molecule has 4 heteroatoms. The molecule has 0 aromatic heterocycles. The van der Waals surface area contributed by atoms with Gasteiger partial charge in [0.05, 0.1) is 0 Å². The van der Waals surface area contributed by atoms with Crippen LogP contribution in [0.4, 0.5) is 11.4 Å². The van der Waals surface area contributed by atoms with Crippen molar-refractivity contribution in [3.8, 4) is 0 Å². The molecule has 2 amide bonds. The Morgan fingerprint density at radius 2 is 1.95 bits per heavy atom. The Kier molecular flexibility index (Phi) is 4.35. The van der Waals surface area contributed by atoms with Gasteiger partial charge in [-0.25, -0.2) is 0 Å². The van der Waals surface area contributed by atoms with Gasteiger partial charge in [-0.3, -0.25) is 9.59 Å². The minimum absolute atomic E-state index is 0.0257. The zero-order chi connectivity index (χ0) is 15.6. The lowest BCUT2D eigenvalue weighted by Crippen LogP contribution is -2.35. The number of carbonyl (C=O) groups excluding carboxylic acids is 2. The molecule has 114 valence electrons. The van der Waals surface area contributed by atoms with Gasteiger partial charge in [-0.05, 0) is 37.5 Å². The normalized spacial score (nSPS) is 16.0. The highest BCUT2D eigenvalue weighted by Gasteiger charge is 2.23. The summed E-state index contributed by atoms with van der Waals surface area (Å²) in [5.74, 6) is 0.144. The lowest BCUT2D eigenvalue weighted by Gasteiger charge is -2.29. The van der Waals surface area contributed by atoms with Gasteiger partial charge in [-0.15, -0.1) is 0 Å². The molecule has 2 rings (SSSR count). The van der Waals surface area contributed by atoms with Crippen molar-refractivity contribution in [2.45, 2.75) is 47.0 Å². The maximum absolute atomic E-state index is 12.1. The van der Waals surface area contributed by atoms with Crippen molar-refractivity contribution in [3.05, 3.63) is 23.8 Å². The van der Waals surface area contributed by atoms with E-state index in [9.17, 15) is 9.59 Å². The van der Waals surface area contributed by atoms with Crippen LogP contribution in [0.3, 0.4) is 0 Å². The average molecular weight is 288 g/mol. The molecule has 1 aliphatic rings. The molecule has 1 saturated heterocycles. The highest BCUT2D eigenvalue weighted by atomic mass is 16.2. The summed E-state index contributed by atoms with van der Waals surface area (Å²) in [6.45, 7) is 8.39. The maximum atomic E-state index is 12.1. The fourth-order valence-corrected chi connectivity index (χ4v) is 2.36. The first kappa shape index (κ1) is 15.5. The fourth-order valence-electron chi connectivity index (χ4n) is 2.36. The topological polar surface area (TPSA) is 49.4 Å². The Bertz CT molecular complexity index is 558. The molecule has 0 radical (unpaired) electrons. The number of amides is 2. The van der Waals surface area contributed by atoms with E-state index < -0.39 is 5.41 Å². The first-order valence-corrected chi connectivity index (χ1v) is 7.51. The molecule has 0 bridgehead atoms. The standard InChI is InChI=1S/C17H24N2O2/c1-12-8-9-13(18-16(21)17(2,3)4)11-14(12)19-10-6-5-7-15(19)20/h8-9,11H,5-7,10H2,1-4H3,(H,18,21). The predicted octanol–water partition coefficient (Wildman–Crippen LogP) is 3.50. The molecule has 1 aromatic carbocycles. The molecule has 1 aliphatic heterocycles. The van der Waals surface area contributed by atoms with Crippen molar-refractivity contribution >= 4 is 23.2 Å². The maximum Gasteiger partial charge on any atom is 0.229 e. The number of rotatable bonds is 2. The van der Waals surface area contributed by atoms with Crippen LogP contribution in [0.25, 0.3) is 0 Å². The minimum atomic E-state index is -0.438. The van der Waals surface area contributed by atoms with Crippen LogP contribution in [-0.2, 0) is 9.59 Å². The van der Waals surface area contributed by atoms with Gasteiger partial charge in [0.1, 0.15) is 0 Å². The molecule has 1 fully saturated rings. The second kappa shape index (κ2) is 5.88. The van der Waals surface area contributed by atoms with Crippen LogP contribution in [0.15, 0.2) is 18.2 Å². The number of carbonyl (C=O) groups is 2. The molecule has 1 N–H and O–H groups in total. The quantitative estimate of drug-likeness (QED) is 0.905. The van der Waals surface area contributed by atoms with Gasteiger partial charge >= 0.3 is 0 Å². The number of benzene rings is 1. The van der Waals surface area contributed by atoms with Gasteiger partial charge in [0.15, 0.2) is 0 Å². The Hall–Kier alpha value is -1.84. The first-order chi connectivity index (χ1) is 9.79. The number of hydrogen-bond donors (Lipinski definition) is 1. The monoisotopic (exact) mass is 288 g/mol. The molecule has 21 heavy (non-hydrogen) atoms. The number of aryl methyl sites for hydroxylation is 1. The van der Waals surface area contributed by atoms with Gasteiger partial charge < -0.3 is 10.2 Å². The van der Waals surface area contributed by atoms with Crippen LogP contribution in [0, 0.1) is 12.3 Å². The highest BCUT2D eigenvalue weighted by Crippen LogP contribution is 2.28. The molecular weight excluding hydrogens is 264 g/mol. The molecule has 0 atom stereocenters. The third-order valence-corrected chi connectivity index (χ3v) is 3.76. The zero-order valence-electron chi connectivity index (χ0n) is 13.3. The van der Waals surface area contributed by atoms with E-state index in [-0.39, 0.29) is 11.8 Å². The first-order valence-electron chi connectivity index (χ1n) is 7.51. The van der Waals surface area contributed by atoms with E-state index >= 15 is 0 Å². The van der Waals surface area contributed by atoms with E-state index in [0.717, 1.165) is 36.3 Å². The van der Waals surface area contributed by atoms with Crippen LogP contribution >= 0.6 is 0 Å². The summed E-state index contributed by atoms with van der Waals surface area (Å²) in [4.78, 5) is 26.0. The van der Waals surface area contributed by atoms with Gasteiger partial charge in [-0.1, -0.05) is 26.8 Å². The molecule has 0 unspecified atom stereocenters. The van der Waals surface area contributed by atoms with E-state index in [1.165, 1.54) is 0 Å². The molecule has 1 heterocycles. The summed E-state index contributed by atoms with van der Waals surface area (Å²) in [6.07, 6.45) is 2.61. The van der Waals surface area contributed by atoms with Gasteiger partial charge in [-0.2, -0.15) is 0 Å². The van der Waals surface area contributed by atoms with E-state index in [2.05, 4.69) is 5.32 Å². The smallest absolute Gasteiger partial charge is 0.229 e. The van der Waals surface area contributed by atoms with Crippen molar-refractivity contribution in [1.82, 2.24) is 0 Å². The average Bonchev–Trinajstić information content (AvgIpc) is 2.40. The van der Waals surface area contributed by atoms with E-state index in [1.54, 1.807) is 0 Å². The lowest BCUT2D eigenvalue weighted by atomic mass is 9.95. The van der Waals surface area contributed by atoms with Crippen LogP contribution in [0.5, 0.6) is 0 Å². The van der Waals surface area contributed by atoms with Crippen molar-refractivity contribution in [1.29, 1.82) is 0 Å². The van der Waals surface area contributed by atoms with E-state index in [4.69, 9.17) is 0 Å². The van der Waals surface area contributed by atoms with Crippen LogP contribution in [-0.4, -0.2) is 18.4 Å². The Morgan fingerprint density at radius 3 is 2.57 bits per heavy atom. The Labute approximate surface area is 126 Å². The summed E-state index contributed by atoms with van der Waals surface area (Å²) in [7, 11) is 0. The Balaban J connectivity index is 2.25. The van der Waals surface area contributed by atoms with Gasteiger partial charge in [0.25, 0.3) is 0 Å². The van der Waals surface area contributed by atoms with Crippen molar-refractivity contribution in [2.24, 2.45) is 5.41 Å². The Morgan fingerprint density at radius 1 is 1.24 bits per heavy atom.